The number of benzene rings is 3. The average Bonchev–Trinajstić information content (AvgIpc) is 2.76. The van der Waals surface area contributed by atoms with Gasteiger partial charge in [-0.3, -0.25) is 9.59 Å². The summed E-state index contributed by atoms with van der Waals surface area (Å²) >= 11 is 3.32. The average molecular weight is 467 g/mol. The van der Waals surface area contributed by atoms with E-state index in [9.17, 15) is 14.4 Å². The topological polar surface area (TPSA) is 84.5 Å². The van der Waals surface area contributed by atoms with E-state index in [0.29, 0.717) is 5.69 Å². The second-order valence-corrected chi connectivity index (χ2v) is 7.17. The first-order chi connectivity index (χ1) is 14.5. The normalized spacial score (nSPS) is 10.7. The van der Waals surface area contributed by atoms with Gasteiger partial charge in [-0.05, 0) is 50.5 Å². The number of amides is 2. The van der Waals surface area contributed by atoms with Gasteiger partial charge in [-0.1, -0.05) is 54.6 Å². The standard InChI is InChI=1S/C23H19BrN2O4/c24-19-10-3-4-11-20(19)26-21(27)14-25-22(28)15-30-23(29)13-12-17-8-5-7-16-6-1-2-9-18(16)17/h1-13H,14-15H2,(H,25,28)(H,26,27). The van der Waals surface area contributed by atoms with Crippen LogP contribution in [0.5, 0.6) is 0 Å². The van der Waals surface area contributed by atoms with Crippen LogP contribution >= 0.6 is 15.9 Å². The SMILES string of the molecule is O=C(COC(=O)C=Cc1cccc2ccccc12)NCC(=O)Nc1ccccc1Br. The summed E-state index contributed by atoms with van der Waals surface area (Å²) in [5, 5.41) is 7.15. The van der Waals surface area contributed by atoms with Crippen molar-refractivity contribution in [3.05, 3.63) is 82.8 Å². The van der Waals surface area contributed by atoms with Gasteiger partial charge in [-0.25, -0.2) is 4.79 Å². The minimum Gasteiger partial charge on any atom is -0.452 e. The number of halogens is 1. The lowest BCUT2D eigenvalue weighted by Gasteiger charge is -2.08. The third-order valence-electron chi connectivity index (χ3n) is 4.16. The number of nitrogens with one attached hydrogen (secondary N) is 2. The quantitative estimate of drug-likeness (QED) is 0.408. The molecule has 0 aliphatic heterocycles. The van der Waals surface area contributed by atoms with Gasteiger partial charge >= 0.3 is 5.97 Å². The van der Waals surface area contributed by atoms with Gasteiger partial charge in [-0.15, -0.1) is 0 Å². The lowest BCUT2D eigenvalue weighted by molar-refractivity contribution is -0.143. The van der Waals surface area contributed by atoms with Crippen molar-refractivity contribution < 1.29 is 19.1 Å². The molecule has 0 spiro atoms. The fourth-order valence-corrected chi connectivity index (χ4v) is 3.11. The first-order valence-corrected chi connectivity index (χ1v) is 9.96. The summed E-state index contributed by atoms with van der Waals surface area (Å²) in [6, 6.07) is 20.7. The number of hydrogen-bond donors (Lipinski definition) is 2. The number of carbonyl (C=O) groups excluding carboxylic acids is 3. The molecule has 3 aromatic carbocycles. The molecule has 30 heavy (non-hydrogen) atoms. The van der Waals surface area contributed by atoms with Crippen molar-refractivity contribution in [2.75, 3.05) is 18.5 Å². The van der Waals surface area contributed by atoms with Gasteiger partial charge in [0.25, 0.3) is 5.91 Å². The molecule has 6 nitrogen and oxygen atoms in total. The Balaban J connectivity index is 1.44. The Labute approximate surface area is 182 Å². The van der Waals surface area contributed by atoms with E-state index in [-0.39, 0.29) is 6.54 Å². The van der Waals surface area contributed by atoms with Crippen LogP contribution in [0.15, 0.2) is 77.3 Å². The molecule has 0 heterocycles. The van der Waals surface area contributed by atoms with Crippen LogP contribution in [0.4, 0.5) is 5.69 Å². The molecule has 2 amide bonds. The smallest absolute Gasteiger partial charge is 0.331 e. The highest BCUT2D eigenvalue weighted by Gasteiger charge is 2.09. The third-order valence-corrected chi connectivity index (χ3v) is 4.85. The van der Waals surface area contributed by atoms with Gasteiger partial charge in [0.15, 0.2) is 6.61 Å². The van der Waals surface area contributed by atoms with Crippen molar-refractivity contribution in [3.63, 3.8) is 0 Å². The highest BCUT2D eigenvalue weighted by Crippen LogP contribution is 2.21. The zero-order chi connectivity index (χ0) is 21.3. The van der Waals surface area contributed by atoms with Crippen molar-refractivity contribution >= 4 is 56.2 Å². The Morgan fingerprint density at radius 2 is 1.63 bits per heavy atom. The van der Waals surface area contributed by atoms with Gasteiger partial charge in [0, 0.05) is 10.5 Å². The first kappa shape index (κ1) is 21.3. The molecule has 0 fully saturated rings. The minimum atomic E-state index is -0.643. The summed E-state index contributed by atoms with van der Waals surface area (Å²) in [5.74, 6) is -1.60. The maximum Gasteiger partial charge on any atom is 0.331 e. The van der Waals surface area contributed by atoms with E-state index >= 15 is 0 Å². The van der Waals surface area contributed by atoms with Crippen molar-refractivity contribution in [2.24, 2.45) is 0 Å². The molecule has 0 unspecified atom stereocenters. The number of hydrogen-bond acceptors (Lipinski definition) is 4. The molecule has 0 atom stereocenters. The van der Waals surface area contributed by atoms with E-state index < -0.39 is 24.4 Å². The lowest BCUT2D eigenvalue weighted by atomic mass is 10.0. The highest BCUT2D eigenvalue weighted by molar-refractivity contribution is 9.10. The van der Waals surface area contributed by atoms with E-state index in [1.54, 1.807) is 24.3 Å². The number of anilines is 1. The lowest BCUT2D eigenvalue weighted by Crippen LogP contribution is -2.35. The summed E-state index contributed by atoms with van der Waals surface area (Å²) in [6.07, 6.45) is 2.92. The number of esters is 1. The van der Waals surface area contributed by atoms with Gasteiger partial charge in [-0.2, -0.15) is 0 Å². The van der Waals surface area contributed by atoms with Gasteiger partial charge < -0.3 is 15.4 Å². The summed E-state index contributed by atoms with van der Waals surface area (Å²) in [6.45, 7) is -0.704. The molecule has 3 aromatic rings. The molecule has 2 N–H and O–H groups in total. The summed E-state index contributed by atoms with van der Waals surface area (Å²) < 4.78 is 5.66. The fourth-order valence-electron chi connectivity index (χ4n) is 2.73. The van der Waals surface area contributed by atoms with E-state index in [2.05, 4.69) is 26.6 Å². The van der Waals surface area contributed by atoms with Crippen LogP contribution in [-0.2, 0) is 19.1 Å². The Kier molecular flexibility index (Phi) is 7.34. The Morgan fingerprint density at radius 1 is 0.900 bits per heavy atom. The Hall–Kier alpha value is -3.45. The van der Waals surface area contributed by atoms with Crippen molar-refractivity contribution in [1.29, 1.82) is 0 Å². The van der Waals surface area contributed by atoms with Crippen LogP contribution in [0, 0.1) is 0 Å². The van der Waals surface area contributed by atoms with E-state index in [1.165, 1.54) is 6.08 Å². The number of rotatable bonds is 7. The third kappa shape index (κ3) is 6.02. The number of carbonyl (C=O) groups is 3. The Morgan fingerprint density at radius 3 is 2.47 bits per heavy atom. The molecule has 0 aliphatic carbocycles. The van der Waals surface area contributed by atoms with Crippen LogP contribution in [0.25, 0.3) is 16.8 Å². The second kappa shape index (κ2) is 10.4. The summed E-state index contributed by atoms with van der Waals surface area (Å²) in [4.78, 5) is 35.6. The van der Waals surface area contributed by atoms with Crippen LogP contribution in [0.1, 0.15) is 5.56 Å². The maximum absolute atomic E-state index is 11.9. The molecular formula is C23H19BrN2O4. The molecule has 3 rings (SSSR count). The number of para-hydroxylation sites is 1. The second-order valence-electron chi connectivity index (χ2n) is 6.31. The minimum absolute atomic E-state index is 0.233. The van der Waals surface area contributed by atoms with Gasteiger partial charge in [0.1, 0.15) is 0 Å². The summed E-state index contributed by atoms with van der Waals surface area (Å²) in [7, 11) is 0. The number of fused-ring (bicyclic) bond motifs is 1. The van der Waals surface area contributed by atoms with E-state index in [0.717, 1.165) is 20.8 Å². The molecule has 7 heteroatoms. The predicted octanol–water partition coefficient (Wildman–Crippen LogP) is 3.91. The van der Waals surface area contributed by atoms with Crippen molar-refractivity contribution in [2.45, 2.75) is 0 Å². The highest BCUT2D eigenvalue weighted by atomic mass is 79.9. The molecule has 152 valence electrons. The molecule has 0 saturated heterocycles. The molecule has 0 aromatic heterocycles. The van der Waals surface area contributed by atoms with Gasteiger partial charge in [0.2, 0.25) is 5.91 Å². The van der Waals surface area contributed by atoms with Gasteiger partial charge in [0.05, 0.1) is 12.2 Å². The Bertz CT molecular complexity index is 1110. The van der Waals surface area contributed by atoms with E-state index in [4.69, 9.17) is 4.74 Å². The van der Waals surface area contributed by atoms with Crippen molar-refractivity contribution in [3.8, 4) is 0 Å². The molecule has 0 radical (unpaired) electrons. The largest absolute Gasteiger partial charge is 0.452 e. The zero-order valence-electron chi connectivity index (χ0n) is 15.9. The molecular weight excluding hydrogens is 448 g/mol. The predicted molar refractivity (Wildman–Crippen MR) is 120 cm³/mol. The molecule has 0 bridgehead atoms. The van der Waals surface area contributed by atoms with E-state index in [1.807, 2.05) is 48.5 Å². The molecule has 0 aliphatic rings. The van der Waals surface area contributed by atoms with Crippen LogP contribution in [0.2, 0.25) is 0 Å². The van der Waals surface area contributed by atoms with Crippen LogP contribution < -0.4 is 10.6 Å². The molecule has 0 saturated carbocycles. The zero-order valence-corrected chi connectivity index (χ0v) is 17.5. The van der Waals surface area contributed by atoms with Crippen molar-refractivity contribution in [1.82, 2.24) is 5.32 Å². The van der Waals surface area contributed by atoms with Crippen LogP contribution in [0.3, 0.4) is 0 Å². The fraction of sp³-hybridized carbons (Fsp3) is 0.0870. The first-order valence-electron chi connectivity index (χ1n) is 9.16. The summed E-state index contributed by atoms with van der Waals surface area (Å²) in [5.41, 5.74) is 1.47. The van der Waals surface area contributed by atoms with Crippen LogP contribution in [-0.4, -0.2) is 30.9 Å². The maximum atomic E-state index is 11.9. The number of ether oxygens (including phenoxy) is 1. The monoisotopic (exact) mass is 466 g/mol.